The third kappa shape index (κ3) is 1.56. The van der Waals surface area contributed by atoms with Gasteiger partial charge in [-0.25, -0.2) is 4.21 Å². The molecule has 1 aromatic rings. The van der Waals surface area contributed by atoms with Crippen LogP contribution in [0.3, 0.4) is 0 Å². The predicted molar refractivity (Wildman–Crippen MR) is 56.7 cm³/mol. The highest BCUT2D eigenvalue weighted by Crippen LogP contribution is 2.24. The van der Waals surface area contributed by atoms with Gasteiger partial charge in [0.1, 0.15) is 0 Å². The summed E-state index contributed by atoms with van der Waals surface area (Å²) in [7, 11) is 0. The van der Waals surface area contributed by atoms with Crippen LogP contribution in [0, 0.1) is 0 Å². The second-order valence-corrected chi connectivity index (χ2v) is 3.36. The fourth-order valence-electron chi connectivity index (χ4n) is 1.38. The number of carbonyl (C=O) groups excluding carboxylic acids is 1. The number of fused-ring (bicyclic) bond motifs is 1. The Hall–Kier alpha value is -1.55. The minimum atomic E-state index is 0.0240. The smallest absolute Gasteiger partial charge is 0.171 e. The molecule has 0 saturated carbocycles. The van der Waals surface area contributed by atoms with Crippen molar-refractivity contribution in [3.8, 4) is 0 Å². The first-order valence-corrected chi connectivity index (χ1v) is 4.93. The number of nitrogens with zero attached hydrogens (tertiary/aromatic N) is 1. The molecular weight excluding hydrogens is 198 g/mol. The SMILES string of the molecule is O=S=CC1=Nc2ccccc2C(=O)C1. The van der Waals surface area contributed by atoms with Crippen molar-refractivity contribution in [2.45, 2.75) is 6.42 Å². The fourth-order valence-corrected chi connectivity index (χ4v) is 1.63. The van der Waals surface area contributed by atoms with E-state index in [0.29, 0.717) is 28.2 Å². The molecule has 14 heavy (non-hydrogen) atoms. The van der Waals surface area contributed by atoms with E-state index in [2.05, 4.69) is 4.99 Å². The Morgan fingerprint density at radius 1 is 1.36 bits per heavy atom. The van der Waals surface area contributed by atoms with Gasteiger partial charge in [-0.15, -0.1) is 0 Å². The van der Waals surface area contributed by atoms with Crippen molar-refractivity contribution in [3.05, 3.63) is 29.8 Å². The Kier molecular flexibility index (Phi) is 2.37. The molecule has 0 N–H and O–H groups in total. The molecule has 0 aliphatic carbocycles. The molecule has 1 heterocycles. The van der Waals surface area contributed by atoms with Crippen LogP contribution >= 0.6 is 0 Å². The van der Waals surface area contributed by atoms with Gasteiger partial charge in [-0.3, -0.25) is 9.79 Å². The van der Waals surface area contributed by atoms with Crippen molar-refractivity contribution in [2.75, 3.05) is 0 Å². The van der Waals surface area contributed by atoms with Gasteiger partial charge in [0.25, 0.3) is 0 Å². The molecule has 0 aromatic heterocycles. The number of benzene rings is 1. The van der Waals surface area contributed by atoms with Gasteiger partial charge in [-0.05, 0) is 12.1 Å². The van der Waals surface area contributed by atoms with E-state index < -0.39 is 0 Å². The molecule has 0 atom stereocenters. The summed E-state index contributed by atoms with van der Waals surface area (Å²) in [6, 6.07) is 7.16. The average Bonchev–Trinajstić information content (AvgIpc) is 2.18. The Balaban J connectivity index is 2.55. The van der Waals surface area contributed by atoms with E-state index >= 15 is 0 Å². The highest BCUT2D eigenvalue weighted by molar-refractivity contribution is 7.66. The summed E-state index contributed by atoms with van der Waals surface area (Å²) in [4.78, 5) is 15.8. The van der Waals surface area contributed by atoms with Crippen LogP contribution < -0.4 is 0 Å². The quantitative estimate of drug-likeness (QED) is 0.650. The van der Waals surface area contributed by atoms with Crippen molar-refractivity contribution in [3.63, 3.8) is 0 Å². The number of aliphatic imine (C=N–C) groups is 1. The number of hydrogen-bond donors (Lipinski definition) is 0. The van der Waals surface area contributed by atoms with Crippen LogP contribution in [0.4, 0.5) is 5.69 Å². The molecule has 2 rings (SSSR count). The first kappa shape index (κ1) is 9.02. The number of rotatable bonds is 1. The molecule has 1 aromatic carbocycles. The minimum Gasteiger partial charge on any atom is -0.294 e. The van der Waals surface area contributed by atoms with Gasteiger partial charge in [0.2, 0.25) is 0 Å². The van der Waals surface area contributed by atoms with Crippen LogP contribution in [0.15, 0.2) is 29.3 Å². The van der Waals surface area contributed by atoms with Crippen LogP contribution in [0.25, 0.3) is 0 Å². The lowest BCUT2D eigenvalue weighted by atomic mass is 10.0. The lowest BCUT2D eigenvalue weighted by Gasteiger charge is -2.10. The highest BCUT2D eigenvalue weighted by Gasteiger charge is 2.17. The van der Waals surface area contributed by atoms with Gasteiger partial charge in [0.15, 0.2) is 5.78 Å². The van der Waals surface area contributed by atoms with E-state index in [1.807, 2.05) is 12.1 Å². The maximum Gasteiger partial charge on any atom is 0.171 e. The Bertz CT molecular complexity index is 473. The first-order chi connectivity index (χ1) is 6.81. The zero-order valence-electron chi connectivity index (χ0n) is 7.27. The molecule has 0 fully saturated rings. The highest BCUT2D eigenvalue weighted by atomic mass is 32.1. The molecule has 1 aliphatic heterocycles. The second kappa shape index (κ2) is 3.67. The zero-order valence-corrected chi connectivity index (χ0v) is 8.08. The largest absolute Gasteiger partial charge is 0.294 e. The Morgan fingerprint density at radius 3 is 2.93 bits per heavy atom. The van der Waals surface area contributed by atoms with Crippen molar-refractivity contribution in [2.24, 2.45) is 4.99 Å². The summed E-state index contributed by atoms with van der Waals surface area (Å²) >= 11 is 0.327. The Morgan fingerprint density at radius 2 is 2.14 bits per heavy atom. The lowest BCUT2D eigenvalue weighted by Crippen LogP contribution is -2.13. The minimum absolute atomic E-state index is 0.0240. The van der Waals surface area contributed by atoms with E-state index in [9.17, 15) is 9.00 Å². The van der Waals surface area contributed by atoms with Crippen LogP contribution in [0.5, 0.6) is 0 Å². The van der Waals surface area contributed by atoms with Crippen molar-refractivity contribution < 1.29 is 9.00 Å². The van der Waals surface area contributed by atoms with Gasteiger partial charge < -0.3 is 0 Å². The number of ketones is 1. The number of hydrogen-bond acceptors (Lipinski definition) is 3. The van der Waals surface area contributed by atoms with Gasteiger partial charge in [0, 0.05) is 5.56 Å². The van der Waals surface area contributed by atoms with E-state index in [4.69, 9.17) is 0 Å². The molecule has 3 nitrogen and oxygen atoms in total. The van der Waals surface area contributed by atoms with Crippen molar-refractivity contribution in [1.29, 1.82) is 0 Å². The van der Waals surface area contributed by atoms with Crippen LogP contribution in [-0.2, 0) is 11.3 Å². The molecule has 1 aliphatic rings. The first-order valence-electron chi connectivity index (χ1n) is 4.13. The molecule has 0 saturated heterocycles. The maximum absolute atomic E-state index is 11.6. The topological polar surface area (TPSA) is 46.5 Å². The maximum atomic E-state index is 11.6. The van der Waals surface area contributed by atoms with Crippen molar-refractivity contribution in [1.82, 2.24) is 0 Å². The van der Waals surface area contributed by atoms with E-state index in [1.165, 1.54) is 5.37 Å². The van der Waals surface area contributed by atoms with Crippen LogP contribution in [0.2, 0.25) is 0 Å². The number of para-hydroxylation sites is 1. The normalized spacial score (nSPS) is 14.3. The standard InChI is InChI=1S/C10H7NO2S/c12-10-5-7(6-14-13)11-9-4-2-1-3-8(9)10/h1-4,6H,5H2. The van der Waals surface area contributed by atoms with Gasteiger partial charge >= 0.3 is 0 Å². The zero-order chi connectivity index (χ0) is 9.97. The van der Waals surface area contributed by atoms with E-state index in [-0.39, 0.29) is 12.2 Å². The summed E-state index contributed by atoms with van der Waals surface area (Å²) < 4.78 is 10.3. The summed E-state index contributed by atoms with van der Waals surface area (Å²) in [5.41, 5.74) is 1.85. The monoisotopic (exact) mass is 205 g/mol. The number of carbonyl (C=O) groups is 1. The second-order valence-electron chi connectivity index (χ2n) is 2.93. The van der Waals surface area contributed by atoms with Crippen LogP contribution in [0.1, 0.15) is 16.8 Å². The van der Waals surface area contributed by atoms with E-state index in [0.717, 1.165) is 0 Å². The molecule has 0 bridgehead atoms. The number of Topliss-reactive ketones (excluding diaryl/α,β-unsaturated/α-hetero) is 1. The summed E-state index contributed by atoms with van der Waals surface area (Å²) in [6.07, 6.45) is 0.228. The van der Waals surface area contributed by atoms with Gasteiger partial charge in [-0.1, -0.05) is 12.1 Å². The molecular formula is C10H7NO2S. The fraction of sp³-hybridized carbons (Fsp3) is 0.100. The Labute approximate surface area is 84.6 Å². The molecule has 0 spiro atoms. The lowest BCUT2D eigenvalue weighted by molar-refractivity contribution is 0.100. The van der Waals surface area contributed by atoms with Crippen molar-refractivity contribution >= 4 is 33.8 Å². The van der Waals surface area contributed by atoms with E-state index in [1.54, 1.807) is 12.1 Å². The average molecular weight is 205 g/mol. The molecule has 0 unspecified atom stereocenters. The molecule has 70 valence electrons. The third-order valence-electron chi connectivity index (χ3n) is 1.99. The third-order valence-corrected chi connectivity index (χ3v) is 2.36. The van der Waals surface area contributed by atoms with Crippen LogP contribution in [-0.4, -0.2) is 21.1 Å². The van der Waals surface area contributed by atoms with Gasteiger partial charge in [-0.2, -0.15) is 0 Å². The molecule has 0 radical (unpaired) electrons. The molecule has 0 amide bonds. The molecule has 4 heteroatoms. The summed E-state index contributed by atoms with van der Waals surface area (Å²) in [6.45, 7) is 0. The van der Waals surface area contributed by atoms with Gasteiger partial charge in [0.05, 0.1) is 34.4 Å². The predicted octanol–water partition coefficient (Wildman–Crippen LogP) is 1.36. The summed E-state index contributed by atoms with van der Waals surface area (Å²) in [5, 5.41) is 1.37. The summed E-state index contributed by atoms with van der Waals surface area (Å²) in [5.74, 6) is 0.0240.